The molecule has 10 nitrogen and oxygen atoms in total. The first-order chi connectivity index (χ1) is 15.4. The summed E-state index contributed by atoms with van der Waals surface area (Å²) >= 11 is 0. The van der Waals surface area contributed by atoms with Gasteiger partial charge in [0.2, 0.25) is 15.9 Å². The molecule has 2 aliphatic rings. The highest BCUT2D eigenvalue weighted by Gasteiger charge is 2.27. The number of hydrogen-bond donors (Lipinski definition) is 1. The van der Waals surface area contributed by atoms with E-state index in [-0.39, 0.29) is 17.5 Å². The van der Waals surface area contributed by atoms with Gasteiger partial charge in [-0.2, -0.15) is 4.31 Å². The molecule has 0 saturated heterocycles. The first-order valence-electron chi connectivity index (χ1n) is 10.9. The van der Waals surface area contributed by atoms with Crippen LogP contribution < -0.4 is 14.8 Å². The van der Waals surface area contributed by atoms with E-state index in [1.165, 1.54) is 19.2 Å². The van der Waals surface area contributed by atoms with Crippen LogP contribution in [0.2, 0.25) is 0 Å². The van der Waals surface area contributed by atoms with Crippen LogP contribution in [0.4, 0.5) is 0 Å². The Morgan fingerprint density at radius 2 is 1.94 bits per heavy atom. The maximum absolute atomic E-state index is 13.0. The Labute approximate surface area is 188 Å². The number of nitrogens with one attached hydrogen (secondary N) is 1. The number of carbonyl (C=O) groups excluding carboxylic acids is 1. The number of hydrogen-bond acceptors (Lipinski definition) is 7. The Bertz CT molecular complexity index is 1080. The van der Waals surface area contributed by atoms with Gasteiger partial charge in [-0.1, -0.05) is 6.42 Å². The van der Waals surface area contributed by atoms with Crippen molar-refractivity contribution in [3.63, 3.8) is 0 Å². The molecule has 1 amide bonds. The normalized spacial score (nSPS) is 17.2. The van der Waals surface area contributed by atoms with Gasteiger partial charge in [0.15, 0.2) is 17.3 Å². The van der Waals surface area contributed by atoms with Crippen molar-refractivity contribution < 1.29 is 22.7 Å². The molecule has 0 bridgehead atoms. The number of rotatable bonds is 6. The van der Waals surface area contributed by atoms with Gasteiger partial charge in [-0.25, -0.2) is 8.42 Å². The topological polar surface area (TPSA) is 116 Å². The van der Waals surface area contributed by atoms with E-state index in [9.17, 15) is 13.2 Å². The Morgan fingerprint density at radius 3 is 2.75 bits per heavy atom. The molecular weight excluding hydrogens is 434 g/mol. The highest BCUT2D eigenvalue weighted by Crippen LogP contribution is 2.32. The van der Waals surface area contributed by atoms with Crippen molar-refractivity contribution in [1.29, 1.82) is 0 Å². The van der Waals surface area contributed by atoms with Crippen LogP contribution in [-0.2, 0) is 27.8 Å². The van der Waals surface area contributed by atoms with E-state index >= 15 is 0 Å². The molecule has 0 unspecified atom stereocenters. The number of aryl methyl sites for hydroxylation is 1. The van der Waals surface area contributed by atoms with Crippen LogP contribution in [0.5, 0.6) is 11.5 Å². The number of amides is 1. The van der Waals surface area contributed by atoms with E-state index in [0.29, 0.717) is 30.5 Å². The summed E-state index contributed by atoms with van der Waals surface area (Å²) in [6.07, 6.45) is 4.89. The second-order valence-corrected chi connectivity index (χ2v) is 10.2. The molecule has 32 heavy (non-hydrogen) atoms. The van der Waals surface area contributed by atoms with Crippen LogP contribution in [0.15, 0.2) is 23.1 Å². The molecule has 0 fully saturated rings. The summed E-state index contributed by atoms with van der Waals surface area (Å²) in [4.78, 5) is 12.7. The number of sulfonamides is 1. The minimum absolute atomic E-state index is 0.0490. The Balaban J connectivity index is 1.42. The van der Waals surface area contributed by atoms with Crippen molar-refractivity contribution in [2.45, 2.75) is 56.5 Å². The maximum atomic E-state index is 13.0. The maximum Gasteiger partial charge on any atom is 0.243 e. The monoisotopic (exact) mass is 463 g/mol. The third-order valence-electron chi connectivity index (χ3n) is 5.70. The third kappa shape index (κ3) is 4.73. The first kappa shape index (κ1) is 22.5. The molecule has 2 aliphatic heterocycles. The zero-order valence-electron chi connectivity index (χ0n) is 18.4. The summed E-state index contributed by atoms with van der Waals surface area (Å²) in [6.45, 7) is 3.32. The molecule has 4 rings (SSSR count). The van der Waals surface area contributed by atoms with Crippen LogP contribution in [0.1, 0.15) is 50.3 Å². The first-order valence-corrected chi connectivity index (χ1v) is 12.4. The van der Waals surface area contributed by atoms with Crippen LogP contribution >= 0.6 is 0 Å². The van der Waals surface area contributed by atoms with E-state index in [4.69, 9.17) is 9.47 Å². The van der Waals surface area contributed by atoms with Gasteiger partial charge in [0.05, 0.1) is 30.7 Å². The zero-order chi connectivity index (χ0) is 22.7. The average molecular weight is 464 g/mol. The van der Waals surface area contributed by atoms with Gasteiger partial charge < -0.3 is 19.4 Å². The second kappa shape index (κ2) is 9.45. The average Bonchev–Trinajstić information content (AvgIpc) is 2.92. The van der Waals surface area contributed by atoms with Crippen LogP contribution in [-0.4, -0.2) is 60.2 Å². The lowest BCUT2D eigenvalue weighted by Crippen LogP contribution is -2.39. The lowest BCUT2D eigenvalue weighted by molar-refractivity contribution is -0.121. The highest BCUT2D eigenvalue weighted by atomic mass is 32.2. The number of likely N-dealkylation sites (N-methyl/N-ethyl adjacent to an activating group) is 1. The molecular formula is C21H29N5O5S. The van der Waals surface area contributed by atoms with Gasteiger partial charge in [0.25, 0.3) is 0 Å². The smallest absolute Gasteiger partial charge is 0.243 e. The SMILES string of the molecule is C[C@H](NC(=O)CN(C)S(=O)(=O)c1ccc2c(c1)OCCCO2)c1nnc2n1CCCCC2. The standard InChI is InChI=1S/C21H29N5O5S/c1-15(21-24-23-19-7-4-3-5-10-26(19)21)22-20(27)14-25(2)32(28,29)16-8-9-17-18(13-16)31-12-6-11-30-17/h8-9,13,15H,3-7,10-12,14H2,1-2H3,(H,22,27)/t15-/m0/s1. The van der Waals surface area contributed by atoms with Crippen molar-refractivity contribution in [2.75, 3.05) is 26.8 Å². The minimum atomic E-state index is -3.88. The number of nitrogens with zero attached hydrogens (tertiary/aromatic N) is 4. The Morgan fingerprint density at radius 1 is 1.16 bits per heavy atom. The molecule has 3 heterocycles. The van der Waals surface area contributed by atoms with Crippen LogP contribution in [0.25, 0.3) is 0 Å². The van der Waals surface area contributed by atoms with Gasteiger partial charge in [0.1, 0.15) is 5.82 Å². The Kier molecular flexibility index (Phi) is 6.66. The predicted molar refractivity (Wildman–Crippen MR) is 116 cm³/mol. The molecule has 0 saturated carbocycles. The summed E-state index contributed by atoms with van der Waals surface area (Å²) in [5, 5.41) is 11.4. The molecule has 0 aliphatic carbocycles. The summed E-state index contributed by atoms with van der Waals surface area (Å²) in [7, 11) is -2.50. The molecule has 174 valence electrons. The van der Waals surface area contributed by atoms with Gasteiger partial charge in [0, 0.05) is 32.5 Å². The molecule has 1 N–H and O–H groups in total. The van der Waals surface area contributed by atoms with Gasteiger partial charge in [-0.3, -0.25) is 4.79 Å². The number of benzene rings is 1. The number of carbonyl (C=O) groups is 1. The lowest BCUT2D eigenvalue weighted by Gasteiger charge is -2.20. The molecule has 1 atom stereocenters. The largest absolute Gasteiger partial charge is 0.490 e. The molecule has 11 heteroatoms. The Hall–Kier alpha value is -2.66. The fraction of sp³-hybridized carbons (Fsp3) is 0.571. The fourth-order valence-corrected chi connectivity index (χ4v) is 5.09. The third-order valence-corrected chi connectivity index (χ3v) is 7.50. The van der Waals surface area contributed by atoms with Crippen molar-refractivity contribution >= 4 is 15.9 Å². The van der Waals surface area contributed by atoms with Gasteiger partial charge >= 0.3 is 0 Å². The van der Waals surface area contributed by atoms with Crippen molar-refractivity contribution in [1.82, 2.24) is 24.4 Å². The summed E-state index contributed by atoms with van der Waals surface area (Å²) in [6, 6.07) is 4.11. The molecule has 1 aromatic heterocycles. The van der Waals surface area contributed by atoms with E-state index < -0.39 is 15.9 Å². The van der Waals surface area contributed by atoms with E-state index in [1.54, 1.807) is 6.07 Å². The highest BCUT2D eigenvalue weighted by molar-refractivity contribution is 7.89. The van der Waals surface area contributed by atoms with Crippen molar-refractivity contribution in [2.24, 2.45) is 0 Å². The lowest BCUT2D eigenvalue weighted by atomic mass is 10.2. The minimum Gasteiger partial charge on any atom is -0.490 e. The second-order valence-electron chi connectivity index (χ2n) is 8.15. The predicted octanol–water partition coefficient (Wildman–Crippen LogP) is 1.66. The van der Waals surface area contributed by atoms with Crippen molar-refractivity contribution in [3.05, 3.63) is 29.8 Å². The number of aromatic nitrogens is 3. The van der Waals surface area contributed by atoms with Crippen LogP contribution in [0, 0.1) is 0 Å². The van der Waals surface area contributed by atoms with Crippen LogP contribution in [0.3, 0.4) is 0 Å². The summed E-state index contributed by atoms with van der Waals surface area (Å²) in [5.74, 6) is 2.13. The molecule has 0 radical (unpaired) electrons. The number of fused-ring (bicyclic) bond motifs is 2. The number of ether oxygens (including phenoxy) is 2. The molecule has 2 aromatic rings. The fourth-order valence-electron chi connectivity index (χ4n) is 3.95. The van der Waals surface area contributed by atoms with E-state index in [1.807, 2.05) is 6.92 Å². The zero-order valence-corrected chi connectivity index (χ0v) is 19.2. The molecule has 0 spiro atoms. The van der Waals surface area contributed by atoms with Gasteiger partial charge in [-0.05, 0) is 31.9 Å². The van der Waals surface area contributed by atoms with E-state index in [2.05, 4.69) is 20.1 Å². The summed E-state index contributed by atoms with van der Waals surface area (Å²) in [5.41, 5.74) is 0. The van der Waals surface area contributed by atoms with Gasteiger partial charge in [-0.15, -0.1) is 10.2 Å². The summed E-state index contributed by atoms with van der Waals surface area (Å²) < 4.78 is 40.3. The quantitative estimate of drug-likeness (QED) is 0.693. The van der Waals surface area contributed by atoms with Crippen molar-refractivity contribution in [3.8, 4) is 11.5 Å². The molecule has 1 aromatic carbocycles. The van der Waals surface area contributed by atoms with E-state index in [0.717, 1.165) is 48.8 Å².